The Hall–Kier alpha value is -1.66. The number of carbonyl (C=O) groups excluding carboxylic acids is 1. The lowest BCUT2D eigenvalue weighted by Crippen LogP contribution is -2.14. The Balaban J connectivity index is 1.86. The Bertz CT molecular complexity index is 477. The van der Waals surface area contributed by atoms with E-state index >= 15 is 0 Å². The molecule has 0 aliphatic heterocycles. The van der Waals surface area contributed by atoms with Crippen LogP contribution in [0.1, 0.15) is 17.5 Å². The van der Waals surface area contributed by atoms with Gasteiger partial charge >= 0.3 is 0 Å². The molecule has 6 heteroatoms. The summed E-state index contributed by atoms with van der Waals surface area (Å²) in [5, 5.41) is 14.8. The van der Waals surface area contributed by atoms with Crippen molar-refractivity contribution in [1.29, 1.82) is 0 Å². The molecule has 0 fully saturated rings. The molecule has 1 amide bonds. The summed E-state index contributed by atoms with van der Waals surface area (Å²) in [5.41, 5.74) is 1.93. The molecule has 2 heterocycles. The molecular formula is C11H14N4OS. The quantitative estimate of drug-likeness (QED) is 0.756. The second kappa shape index (κ2) is 5.60. The van der Waals surface area contributed by atoms with Crippen LogP contribution in [0.15, 0.2) is 23.7 Å². The van der Waals surface area contributed by atoms with Gasteiger partial charge in [0.15, 0.2) is 0 Å². The minimum atomic E-state index is -0.0433. The third-order valence-corrected chi connectivity index (χ3v) is 3.14. The second-order valence-corrected chi connectivity index (χ2v) is 4.62. The van der Waals surface area contributed by atoms with Crippen LogP contribution < -0.4 is 10.6 Å². The van der Waals surface area contributed by atoms with E-state index in [-0.39, 0.29) is 5.91 Å². The number of nitrogens with zero attached hydrogens (tertiary/aromatic N) is 1. The van der Waals surface area contributed by atoms with E-state index in [1.54, 1.807) is 17.5 Å². The van der Waals surface area contributed by atoms with Crippen LogP contribution in [0.5, 0.6) is 0 Å². The smallest absolute Gasteiger partial charge is 0.221 e. The summed E-state index contributed by atoms with van der Waals surface area (Å²) in [7, 11) is 0. The average molecular weight is 250 g/mol. The molecule has 0 aromatic carbocycles. The first-order valence-corrected chi connectivity index (χ1v) is 6.16. The summed E-state index contributed by atoms with van der Waals surface area (Å²) in [4.78, 5) is 12.1. The van der Waals surface area contributed by atoms with E-state index in [1.165, 1.54) is 6.92 Å². The van der Waals surface area contributed by atoms with Crippen molar-refractivity contribution in [3.8, 4) is 0 Å². The van der Waals surface area contributed by atoms with Crippen LogP contribution in [0, 0.1) is 0 Å². The zero-order valence-electron chi connectivity index (χ0n) is 9.49. The first kappa shape index (κ1) is 11.8. The van der Waals surface area contributed by atoms with Gasteiger partial charge in [0, 0.05) is 36.8 Å². The lowest BCUT2D eigenvalue weighted by molar-refractivity contribution is -0.114. The predicted molar refractivity (Wildman–Crippen MR) is 67.8 cm³/mol. The van der Waals surface area contributed by atoms with Crippen molar-refractivity contribution >= 4 is 22.9 Å². The van der Waals surface area contributed by atoms with Crippen LogP contribution in [0.25, 0.3) is 0 Å². The average Bonchev–Trinajstić information content (AvgIpc) is 2.90. The highest BCUT2D eigenvalue weighted by atomic mass is 32.1. The van der Waals surface area contributed by atoms with Gasteiger partial charge in [-0.05, 0) is 17.5 Å². The Morgan fingerprint density at radius 3 is 3.06 bits per heavy atom. The molecule has 2 rings (SSSR count). The monoisotopic (exact) mass is 250 g/mol. The summed E-state index contributed by atoms with van der Waals surface area (Å²) in [6, 6.07) is 3.84. The molecule has 2 aromatic heterocycles. The van der Waals surface area contributed by atoms with Crippen molar-refractivity contribution in [3.63, 3.8) is 0 Å². The summed E-state index contributed by atoms with van der Waals surface area (Å²) >= 11 is 1.63. The van der Waals surface area contributed by atoms with Gasteiger partial charge in [0.1, 0.15) is 0 Å². The summed E-state index contributed by atoms with van der Waals surface area (Å²) in [6.45, 7) is 2.98. The SMILES string of the molecule is CC(=O)Nc1ccsc1CNCc1ccn[nH]1. The first-order chi connectivity index (χ1) is 8.25. The number of rotatable bonds is 5. The van der Waals surface area contributed by atoms with Crippen LogP contribution in [0.2, 0.25) is 0 Å². The van der Waals surface area contributed by atoms with E-state index in [0.717, 1.165) is 29.3 Å². The second-order valence-electron chi connectivity index (χ2n) is 3.62. The predicted octanol–water partition coefficient (Wildman–Crippen LogP) is 1.72. The Morgan fingerprint density at radius 1 is 1.47 bits per heavy atom. The standard InChI is InChI=1S/C11H14N4OS/c1-8(16)14-10-3-5-17-11(10)7-12-6-9-2-4-13-15-9/h2-5,12H,6-7H2,1H3,(H,13,15)(H,14,16). The van der Waals surface area contributed by atoms with Gasteiger partial charge in [-0.2, -0.15) is 5.10 Å². The largest absolute Gasteiger partial charge is 0.325 e. The molecule has 5 nitrogen and oxygen atoms in total. The summed E-state index contributed by atoms with van der Waals surface area (Å²) in [6.07, 6.45) is 1.73. The zero-order chi connectivity index (χ0) is 12.1. The molecule has 3 N–H and O–H groups in total. The highest BCUT2D eigenvalue weighted by Crippen LogP contribution is 2.21. The number of aromatic amines is 1. The van der Waals surface area contributed by atoms with Crippen LogP contribution in [0.4, 0.5) is 5.69 Å². The molecule has 0 spiro atoms. The highest BCUT2D eigenvalue weighted by Gasteiger charge is 2.05. The van der Waals surface area contributed by atoms with Crippen LogP contribution >= 0.6 is 11.3 Å². The zero-order valence-corrected chi connectivity index (χ0v) is 10.3. The van der Waals surface area contributed by atoms with E-state index in [4.69, 9.17) is 0 Å². The molecule has 17 heavy (non-hydrogen) atoms. The first-order valence-electron chi connectivity index (χ1n) is 5.28. The lowest BCUT2D eigenvalue weighted by Gasteiger charge is -2.05. The number of nitrogens with one attached hydrogen (secondary N) is 3. The molecule has 0 radical (unpaired) electrons. The third-order valence-electron chi connectivity index (χ3n) is 2.22. The molecule has 0 unspecified atom stereocenters. The van der Waals surface area contributed by atoms with Gasteiger partial charge in [-0.25, -0.2) is 0 Å². The fourth-order valence-corrected chi connectivity index (χ4v) is 2.27. The number of carbonyl (C=O) groups is 1. The van der Waals surface area contributed by atoms with Gasteiger partial charge in [0.25, 0.3) is 0 Å². The molecule has 0 aliphatic rings. The highest BCUT2D eigenvalue weighted by molar-refractivity contribution is 7.10. The molecular weight excluding hydrogens is 236 g/mol. The molecule has 0 saturated heterocycles. The minimum Gasteiger partial charge on any atom is -0.325 e. The fourth-order valence-electron chi connectivity index (χ4n) is 1.47. The Morgan fingerprint density at radius 2 is 2.35 bits per heavy atom. The number of thiophene rings is 1. The molecule has 0 aliphatic carbocycles. The van der Waals surface area contributed by atoms with Gasteiger partial charge in [-0.3, -0.25) is 9.89 Å². The number of amides is 1. The van der Waals surface area contributed by atoms with E-state index in [1.807, 2.05) is 17.5 Å². The topological polar surface area (TPSA) is 69.8 Å². The van der Waals surface area contributed by atoms with Crippen LogP contribution in [0.3, 0.4) is 0 Å². The lowest BCUT2D eigenvalue weighted by atomic mass is 10.3. The van der Waals surface area contributed by atoms with E-state index in [0.29, 0.717) is 0 Å². The van der Waals surface area contributed by atoms with E-state index < -0.39 is 0 Å². The van der Waals surface area contributed by atoms with Crippen molar-refractivity contribution in [3.05, 3.63) is 34.3 Å². The third kappa shape index (κ3) is 3.40. The van der Waals surface area contributed by atoms with Crippen molar-refractivity contribution in [2.75, 3.05) is 5.32 Å². The number of H-pyrrole nitrogens is 1. The molecule has 0 atom stereocenters. The van der Waals surface area contributed by atoms with Crippen LogP contribution in [-0.2, 0) is 17.9 Å². The van der Waals surface area contributed by atoms with Crippen molar-refractivity contribution in [2.24, 2.45) is 0 Å². The van der Waals surface area contributed by atoms with Crippen molar-refractivity contribution in [1.82, 2.24) is 15.5 Å². The maximum atomic E-state index is 11.0. The van der Waals surface area contributed by atoms with Crippen molar-refractivity contribution < 1.29 is 4.79 Å². The molecule has 90 valence electrons. The fraction of sp³-hybridized carbons (Fsp3) is 0.273. The molecule has 0 bridgehead atoms. The van der Waals surface area contributed by atoms with Crippen molar-refractivity contribution in [2.45, 2.75) is 20.0 Å². The van der Waals surface area contributed by atoms with Gasteiger partial charge in [0.05, 0.1) is 5.69 Å². The molecule has 2 aromatic rings. The van der Waals surface area contributed by atoms with Crippen LogP contribution in [-0.4, -0.2) is 16.1 Å². The van der Waals surface area contributed by atoms with Gasteiger partial charge < -0.3 is 10.6 Å². The van der Waals surface area contributed by atoms with E-state index in [9.17, 15) is 4.79 Å². The Labute approximate surface area is 103 Å². The maximum Gasteiger partial charge on any atom is 0.221 e. The van der Waals surface area contributed by atoms with E-state index in [2.05, 4.69) is 20.8 Å². The summed E-state index contributed by atoms with van der Waals surface area (Å²) < 4.78 is 0. The number of hydrogen-bond donors (Lipinski definition) is 3. The van der Waals surface area contributed by atoms with Gasteiger partial charge in [0.2, 0.25) is 5.91 Å². The minimum absolute atomic E-state index is 0.0433. The number of aromatic nitrogens is 2. The molecule has 0 saturated carbocycles. The summed E-state index contributed by atoms with van der Waals surface area (Å²) in [5.74, 6) is -0.0433. The van der Waals surface area contributed by atoms with Gasteiger partial charge in [-0.15, -0.1) is 11.3 Å². The normalized spacial score (nSPS) is 10.4. The number of hydrogen-bond acceptors (Lipinski definition) is 4. The number of anilines is 1. The van der Waals surface area contributed by atoms with Gasteiger partial charge in [-0.1, -0.05) is 0 Å². The Kier molecular flexibility index (Phi) is 3.89. The maximum absolute atomic E-state index is 11.0.